The Balaban J connectivity index is 2.04. The van der Waals surface area contributed by atoms with Crippen molar-refractivity contribution in [3.8, 4) is 0 Å². The summed E-state index contributed by atoms with van der Waals surface area (Å²) < 4.78 is 0. The summed E-state index contributed by atoms with van der Waals surface area (Å²) in [6, 6.07) is 6.19. The van der Waals surface area contributed by atoms with Gasteiger partial charge in [0.15, 0.2) is 0 Å². The summed E-state index contributed by atoms with van der Waals surface area (Å²) in [6.45, 7) is 4.96. The number of halogens is 1. The Hall–Kier alpha value is -1.28. The molecule has 0 radical (unpaired) electrons. The van der Waals surface area contributed by atoms with Crippen molar-refractivity contribution < 1.29 is 4.79 Å². The maximum Gasteiger partial charge on any atom is 0.246 e. The van der Waals surface area contributed by atoms with Crippen molar-refractivity contribution in [1.29, 1.82) is 0 Å². The number of hydrogen-bond donors (Lipinski definition) is 0. The van der Waals surface area contributed by atoms with Crippen LogP contribution in [0.1, 0.15) is 37.3 Å². The summed E-state index contributed by atoms with van der Waals surface area (Å²) in [4.78, 5) is 14.1. The largest absolute Gasteiger partial charge is 0.336 e. The summed E-state index contributed by atoms with van der Waals surface area (Å²) in [7, 11) is 0. The van der Waals surface area contributed by atoms with Gasteiger partial charge in [-0.25, -0.2) is 0 Å². The fourth-order valence-electron chi connectivity index (χ4n) is 2.40. The molecule has 1 fully saturated rings. The van der Waals surface area contributed by atoms with Crippen molar-refractivity contribution in [3.63, 3.8) is 0 Å². The molecule has 0 aliphatic carbocycles. The third-order valence-corrected chi connectivity index (χ3v) is 4.11. The molecule has 0 saturated carbocycles. The van der Waals surface area contributed by atoms with Gasteiger partial charge in [0.05, 0.1) is 0 Å². The fourth-order valence-corrected chi connectivity index (χ4v) is 2.59. The van der Waals surface area contributed by atoms with Crippen LogP contribution < -0.4 is 0 Å². The van der Waals surface area contributed by atoms with E-state index in [-0.39, 0.29) is 5.91 Å². The zero-order valence-corrected chi connectivity index (χ0v) is 12.3. The Bertz CT molecular complexity index is 496. The summed E-state index contributed by atoms with van der Waals surface area (Å²) in [5.74, 6) is 0.101. The highest BCUT2D eigenvalue weighted by Gasteiger charge is 2.21. The van der Waals surface area contributed by atoms with E-state index < -0.39 is 0 Å². The van der Waals surface area contributed by atoms with Gasteiger partial charge in [0.25, 0.3) is 0 Å². The first-order valence-corrected chi connectivity index (χ1v) is 7.20. The van der Waals surface area contributed by atoms with Crippen LogP contribution in [0.25, 0.3) is 6.08 Å². The summed E-state index contributed by atoms with van der Waals surface area (Å²) in [5.41, 5.74) is 2.02. The highest BCUT2D eigenvalue weighted by atomic mass is 35.5. The lowest BCUT2D eigenvalue weighted by Gasteiger charge is -2.32. The number of benzene rings is 1. The minimum absolute atomic E-state index is 0.101. The number of carbonyl (C=O) groups excluding carboxylic acids is 1. The van der Waals surface area contributed by atoms with Gasteiger partial charge in [-0.3, -0.25) is 4.79 Å². The number of carbonyl (C=O) groups is 1. The molecule has 1 aliphatic rings. The molecule has 0 spiro atoms. The predicted molar refractivity (Wildman–Crippen MR) is 80.2 cm³/mol. The molecule has 1 heterocycles. The highest BCUT2D eigenvalue weighted by Crippen LogP contribution is 2.19. The van der Waals surface area contributed by atoms with Crippen LogP contribution in [-0.4, -0.2) is 23.4 Å². The van der Waals surface area contributed by atoms with Crippen molar-refractivity contribution in [2.45, 2.75) is 39.2 Å². The third-order valence-electron chi connectivity index (χ3n) is 3.70. The number of aryl methyl sites for hydroxylation is 1. The van der Waals surface area contributed by atoms with Gasteiger partial charge >= 0.3 is 0 Å². The molecule has 1 amide bonds. The topological polar surface area (TPSA) is 20.3 Å². The SMILES string of the molecule is Cc1ccc(/C=C/C(=O)N2CCCCC2C)cc1Cl. The molecule has 0 bridgehead atoms. The molecule has 1 unspecified atom stereocenters. The molecule has 19 heavy (non-hydrogen) atoms. The van der Waals surface area contributed by atoms with Gasteiger partial charge in [0, 0.05) is 23.7 Å². The number of rotatable bonds is 2. The van der Waals surface area contributed by atoms with Gasteiger partial charge in [-0.15, -0.1) is 0 Å². The van der Waals surface area contributed by atoms with Gasteiger partial charge in [-0.2, -0.15) is 0 Å². The third kappa shape index (κ3) is 3.60. The molecule has 1 saturated heterocycles. The van der Waals surface area contributed by atoms with E-state index in [1.54, 1.807) is 6.08 Å². The quantitative estimate of drug-likeness (QED) is 0.747. The normalized spacial score (nSPS) is 19.9. The molecule has 102 valence electrons. The summed E-state index contributed by atoms with van der Waals surface area (Å²) >= 11 is 6.07. The second-order valence-corrected chi connectivity index (χ2v) is 5.63. The first kappa shape index (κ1) is 14.1. The van der Waals surface area contributed by atoms with Gasteiger partial charge in [-0.05, 0) is 56.4 Å². The van der Waals surface area contributed by atoms with Crippen LogP contribution in [0, 0.1) is 6.92 Å². The van der Waals surface area contributed by atoms with Crippen molar-refractivity contribution in [2.24, 2.45) is 0 Å². The standard InChI is InChI=1S/C16H20ClNO/c1-12-6-7-14(11-15(12)17)8-9-16(19)18-10-4-3-5-13(18)2/h6-9,11,13H,3-5,10H2,1-2H3/b9-8+. The van der Waals surface area contributed by atoms with Crippen LogP contribution in [0.2, 0.25) is 5.02 Å². The Kier molecular flexibility index (Phi) is 4.65. The van der Waals surface area contributed by atoms with E-state index in [1.807, 2.05) is 36.1 Å². The maximum absolute atomic E-state index is 12.1. The predicted octanol–water partition coefficient (Wildman–Crippen LogP) is 4.06. The van der Waals surface area contributed by atoms with E-state index in [1.165, 1.54) is 6.42 Å². The number of piperidine rings is 1. The molecule has 0 aromatic heterocycles. The molecule has 3 heteroatoms. The smallest absolute Gasteiger partial charge is 0.246 e. The lowest BCUT2D eigenvalue weighted by molar-refractivity contribution is -0.129. The molecule has 1 aromatic rings. The second kappa shape index (κ2) is 6.25. The second-order valence-electron chi connectivity index (χ2n) is 5.22. The zero-order chi connectivity index (χ0) is 13.8. The molecule has 1 atom stereocenters. The zero-order valence-electron chi connectivity index (χ0n) is 11.5. The van der Waals surface area contributed by atoms with Gasteiger partial charge in [-0.1, -0.05) is 23.7 Å². The molecule has 1 aromatic carbocycles. The Morgan fingerprint density at radius 1 is 1.42 bits per heavy atom. The number of amides is 1. The molecule has 2 nitrogen and oxygen atoms in total. The van der Waals surface area contributed by atoms with Crippen molar-refractivity contribution in [2.75, 3.05) is 6.54 Å². The summed E-state index contributed by atoms with van der Waals surface area (Å²) in [6.07, 6.45) is 6.94. The maximum atomic E-state index is 12.1. The number of hydrogen-bond acceptors (Lipinski definition) is 1. The monoisotopic (exact) mass is 277 g/mol. The van der Waals surface area contributed by atoms with E-state index in [0.717, 1.165) is 35.5 Å². The summed E-state index contributed by atoms with van der Waals surface area (Å²) in [5, 5.41) is 0.737. The Morgan fingerprint density at radius 2 is 2.21 bits per heavy atom. The van der Waals surface area contributed by atoms with Crippen molar-refractivity contribution in [1.82, 2.24) is 4.90 Å². The molecular formula is C16H20ClNO. The fraction of sp³-hybridized carbons (Fsp3) is 0.438. The minimum Gasteiger partial charge on any atom is -0.336 e. The number of nitrogens with zero attached hydrogens (tertiary/aromatic N) is 1. The molecule has 1 aliphatic heterocycles. The first-order valence-electron chi connectivity index (χ1n) is 6.83. The lowest BCUT2D eigenvalue weighted by atomic mass is 10.0. The lowest BCUT2D eigenvalue weighted by Crippen LogP contribution is -2.41. The van der Waals surface area contributed by atoms with Crippen LogP contribution in [-0.2, 0) is 4.79 Å². The van der Waals surface area contributed by atoms with Gasteiger partial charge in [0.1, 0.15) is 0 Å². The van der Waals surface area contributed by atoms with Crippen molar-refractivity contribution >= 4 is 23.6 Å². The van der Waals surface area contributed by atoms with Gasteiger partial charge in [0.2, 0.25) is 5.91 Å². The van der Waals surface area contributed by atoms with E-state index in [9.17, 15) is 4.79 Å². The van der Waals surface area contributed by atoms with Gasteiger partial charge < -0.3 is 4.90 Å². The first-order chi connectivity index (χ1) is 9.08. The molecular weight excluding hydrogens is 258 g/mol. The van der Waals surface area contributed by atoms with E-state index in [2.05, 4.69) is 6.92 Å². The van der Waals surface area contributed by atoms with E-state index in [0.29, 0.717) is 6.04 Å². The number of likely N-dealkylation sites (tertiary alicyclic amines) is 1. The van der Waals surface area contributed by atoms with Crippen LogP contribution in [0.15, 0.2) is 24.3 Å². The average Bonchev–Trinajstić information content (AvgIpc) is 2.40. The molecule has 2 rings (SSSR count). The van der Waals surface area contributed by atoms with Crippen LogP contribution in [0.5, 0.6) is 0 Å². The van der Waals surface area contributed by atoms with Crippen LogP contribution in [0.3, 0.4) is 0 Å². The highest BCUT2D eigenvalue weighted by molar-refractivity contribution is 6.31. The molecule has 0 N–H and O–H groups in total. The van der Waals surface area contributed by atoms with E-state index in [4.69, 9.17) is 11.6 Å². The Morgan fingerprint density at radius 3 is 2.89 bits per heavy atom. The van der Waals surface area contributed by atoms with Crippen LogP contribution >= 0.6 is 11.6 Å². The van der Waals surface area contributed by atoms with Crippen LogP contribution in [0.4, 0.5) is 0 Å². The van der Waals surface area contributed by atoms with E-state index >= 15 is 0 Å². The minimum atomic E-state index is 0.101. The average molecular weight is 278 g/mol. The Labute approximate surface area is 120 Å². The van der Waals surface area contributed by atoms with Crippen molar-refractivity contribution in [3.05, 3.63) is 40.4 Å².